The zero-order valence-electron chi connectivity index (χ0n) is 14.1. The van der Waals surface area contributed by atoms with Crippen LogP contribution >= 0.6 is 0 Å². The molecule has 3 aromatic rings. The summed E-state index contributed by atoms with van der Waals surface area (Å²) in [7, 11) is 0. The molecule has 0 radical (unpaired) electrons. The van der Waals surface area contributed by atoms with E-state index < -0.39 is 5.97 Å². The van der Waals surface area contributed by atoms with Gasteiger partial charge in [-0.25, -0.2) is 4.79 Å². The molecular formula is C21H15NO4. The molecule has 3 rings (SSSR count). The molecule has 0 bridgehead atoms. The maximum absolute atomic E-state index is 12.1. The van der Waals surface area contributed by atoms with Gasteiger partial charge in [0, 0.05) is 11.1 Å². The minimum absolute atomic E-state index is 0.0111. The van der Waals surface area contributed by atoms with Crippen molar-refractivity contribution in [3.05, 3.63) is 83.1 Å². The standard InChI is InChI=1S/C21H15NO4/c1-14(23)17-6-8-18(9-7-17)19-10-11-20(26-19)21(24)25-13-16-4-2-15(12-22)3-5-16/h2-11H,13H2,1H3. The highest BCUT2D eigenvalue weighted by Crippen LogP contribution is 2.23. The third kappa shape index (κ3) is 3.87. The molecule has 0 fully saturated rings. The van der Waals surface area contributed by atoms with Gasteiger partial charge in [-0.2, -0.15) is 5.26 Å². The van der Waals surface area contributed by atoms with E-state index in [-0.39, 0.29) is 18.2 Å². The van der Waals surface area contributed by atoms with Crippen molar-refractivity contribution >= 4 is 11.8 Å². The molecular weight excluding hydrogens is 330 g/mol. The Morgan fingerprint density at radius 3 is 2.31 bits per heavy atom. The highest BCUT2D eigenvalue weighted by Gasteiger charge is 2.14. The molecule has 0 saturated heterocycles. The van der Waals surface area contributed by atoms with E-state index >= 15 is 0 Å². The highest BCUT2D eigenvalue weighted by atomic mass is 16.5. The molecule has 2 aromatic carbocycles. The van der Waals surface area contributed by atoms with Crippen LogP contribution in [-0.4, -0.2) is 11.8 Å². The fraction of sp³-hybridized carbons (Fsp3) is 0.0952. The minimum atomic E-state index is -0.569. The fourth-order valence-electron chi connectivity index (χ4n) is 2.37. The number of nitrogens with zero attached hydrogens (tertiary/aromatic N) is 1. The summed E-state index contributed by atoms with van der Waals surface area (Å²) in [5.41, 5.74) is 2.71. The number of carbonyl (C=O) groups excluding carboxylic acids is 2. The first-order valence-corrected chi connectivity index (χ1v) is 7.94. The van der Waals surface area contributed by atoms with Crippen molar-refractivity contribution < 1.29 is 18.7 Å². The number of hydrogen-bond donors (Lipinski definition) is 0. The van der Waals surface area contributed by atoms with Crippen LogP contribution in [0.4, 0.5) is 0 Å². The van der Waals surface area contributed by atoms with Crippen LogP contribution in [0.25, 0.3) is 11.3 Å². The third-order valence-electron chi connectivity index (χ3n) is 3.84. The Bertz CT molecular complexity index is 976. The second kappa shape index (κ2) is 7.49. The van der Waals surface area contributed by atoms with Crippen LogP contribution in [0.1, 0.15) is 39.0 Å². The zero-order chi connectivity index (χ0) is 18.5. The van der Waals surface area contributed by atoms with E-state index in [1.807, 2.05) is 6.07 Å². The number of hydrogen-bond acceptors (Lipinski definition) is 5. The van der Waals surface area contributed by atoms with Crippen molar-refractivity contribution in [2.45, 2.75) is 13.5 Å². The molecule has 1 heterocycles. The van der Waals surface area contributed by atoms with Gasteiger partial charge in [0.1, 0.15) is 12.4 Å². The van der Waals surface area contributed by atoms with Gasteiger partial charge in [-0.15, -0.1) is 0 Å². The Morgan fingerprint density at radius 1 is 1.00 bits per heavy atom. The van der Waals surface area contributed by atoms with Crippen molar-refractivity contribution in [3.8, 4) is 17.4 Å². The van der Waals surface area contributed by atoms with Crippen LogP contribution in [-0.2, 0) is 11.3 Å². The Kier molecular flexibility index (Phi) is 4.95. The van der Waals surface area contributed by atoms with Crippen LogP contribution in [0, 0.1) is 11.3 Å². The van der Waals surface area contributed by atoms with Crippen LogP contribution in [0.5, 0.6) is 0 Å². The number of esters is 1. The second-order valence-electron chi connectivity index (χ2n) is 5.68. The number of furan rings is 1. The van der Waals surface area contributed by atoms with Crippen molar-refractivity contribution in [3.63, 3.8) is 0 Å². The van der Waals surface area contributed by atoms with E-state index in [0.29, 0.717) is 16.9 Å². The Labute approximate surface area is 150 Å². The molecule has 0 aliphatic heterocycles. The summed E-state index contributed by atoms with van der Waals surface area (Å²) < 4.78 is 10.8. The highest BCUT2D eigenvalue weighted by molar-refractivity contribution is 5.94. The van der Waals surface area contributed by atoms with Gasteiger partial charge in [0.2, 0.25) is 5.76 Å². The molecule has 26 heavy (non-hydrogen) atoms. The quantitative estimate of drug-likeness (QED) is 0.506. The average molecular weight is 345 g/mol. The van der Waals surface area contributed by atoms with Crippen LogP contribution in [0.3, 0.4) is 0 Å². The Morgan fingerprint density at radius 2 is 1.69 bits per heavy atom. The van der Waals surface area contributed by atoms with Gasteiger partial charge in [0.15, 0.2) is 5.78 Å². The molecule has 1 aromatic heterocycles. The SMILES string of the molecule is CC(=O)c1ccc(-c2ccc(C(=O)OCc3ccc(C#N)cc3)o2)cc1. The lowest BCUT2D eigenvalue weighted by molar-refractivity contribution is 0.0437. The summed E-state index contributed by atoms with van der Waals surface area (Å²) in [6.45, 7) is 1.59. The topological polar surface area (TPSA) is 80.3 Å². The second-order valence-corrected chi connectivity index (χ2v) is 5.68. The van der Waals surface area contributed by atoms with E-state index in [2.05, 4.69) is 0 Å². The normalized spacial score (nSPS) is 10.2. The van der Waals surface area contributed by atoms with Gasteiger partial charge in [-0.05, 0) is 36.8 Å². The molecule has 0 aliphatic carbocycles. The van der Waals surface area contributed by atoms with E-state index in [1.165, 1.54) is 6.92 Å². The number of Topliss-reactive ketones (excluding diaryl/α,β-unsaturated/α-hetero) is 1. The summed E-state index contributed by atoms with van der Waals surface area (Å²) >= 11 is 0. The monoisotopic (exact) mass is 345 g/mol. The molecule has 128 valence electrons. The molecule has 5 nitrogen and oxygen atoms in total. The smallest absolute Gasteiger partial charge is 0.374 e. The molecule has 0 atom stereocenters. The van der Waals surface area contributed by atoms with E-state index in [1.54, 1.807) is 60.7 Å². The fourth-order valence-corrected chi connectivity index (χ4v) is 2.37. The number of rotatable bonds is 5. The van der Waals surface area contributed by atoms with Gasteiger partial charge in [-0.3, -0.25) is 4.79 Å². The van der Waals surface area contributed by atoms with Gasteiger partial charge in [-0.1, -0.05) is 36.4 Å². The molecule has 0 amide bonds. The number of ether oxygens (including phenoxy) is 1. The summed E-state index contributed by atoms with van der Waals surface area (Å²) in [6.07, 6.45) is 0. The molecule has 0 unspecified atom stereocenters. The van der Waals surface area contributed by atoms with Crippen molar-refractivity contribution in [2.75, 3.05) is 0 Å². The first kappa shape index (κ1) is 17.2. The van der Waals surface area contributed by atoms with Crippen molar-refractivity contribution in [1.29, 1.82) is 5.26 Å². The minimum Gasteiger partial charge on any atom is -0.455 e. The molecule has 0 N–H and O–H groups in total. The maximum Gasteiger partial charge on any atom is 0.374 e. The maximum atomic E-state index is 12.1. The lowest BCUT2D eigenvalue weighted by Gasteiger charge is -2.03. The summed E-state index contributed by atoms with van der Waals surface area (Å²) in [5.74, 6) is 0.0405. The van der Waals surface area contributed by atoms with E-state index in [0.717, 1.165) is 11.1 Å². The predicted molar refractivity (Wildman–Crippen MR) is 94.4 cm³/mol. The zero-order valence-corrected chi connectivity index (χ0v) is 14.1. The Hall–Kier alpha value is -3.65. The Balaban J connectivity index is 1.65. The average Bonchev–Trinajstić information content (AvgIpc) is 3.17. The lowest BCUT2D eigenvalue weighted by atomic mass is 10.1. The predicted octanol–water partition coefficient (Wildman–Crippen LogP) is 4.38. The number of benzene rings is 2. The van der Waals surface area contributed by atoms with Gasteiger partial charge >= 0.3 is 5.97 Å². The van der Waals surface area contributed by atoms with Crippen molar-refractivity contribution in [1.82, 2.24) is 0 Å². The largest absolute Gasteiger partial charge is 0.455 e. The van der Waals surface area contributed by atoms with Crippen LogP contribution in [0.2, 0.25) is 0 Å². The van der Waals surface area contributed by atoms with E-state index in [4.69, 9.17) is 14.4 Å². The number of nitriles is 1. The van der Waals surface area contributed by atoms with Crippen LogP contribution in [0.15, 0.2) is 65.1 Å². The number of carbonyl (C=O) groups is 2. The van der Waals surface area contributed by atoms with Gasteiger partial charge in [0.25, 0.3) is 0 Å². The summed E-state index contributed by atoms with van der Waals surface area (Å²) in [4.78, 5) is 23.4. The van der Waals surface area contributed by atoms with Crippen molar-refractivity contribution in [2.24, 2.45) is 0 Å². The summed E-state index contributed by atoms with van der Waals surface area (Å²) in [5, 5.41) is 8.77. The molecule has 5 heteroatoms. The van der Waals surface area contributed by atoms with Crippen LogP contribution < -0.4 is 0 Å². The third-order valence-corrected chi connectivity index (χ3v) is 3.84. The lowest BCUT2D eigenvalue weighted by Crippen LogP contribution is -2.03. The van der Waals surface area contributed by atoms with E-state index in [9.17, 15) is 9.59 Å². The number of ketones is 1. The molecule has 0 spiro atoms. The molecule has 0 aliphatic rings. The van der Waals surface area contributed by atoms with Gasteiger partial charge in [0.05, 0.1) is 11.6 Å². The summed E-state index contributed by atoms with van der Waals surface area (Å²) in [6, 6.07) is 19.0. The van der Waals surface area contributed by atoms with Gasteiger partial charge < -0.3 is 9.15 Å². The first-order valence-electron chi connectivity index (χ1n) is 7.94. The molecule has 0 saturated carbocycles. The first-order chi connectivity index (χ1) is 12.6.